The van der Waals surface area contributed by atoms with Gasteiger partial charge in [-0.2, -0.15) is 0 Å². The molecule has 138 valence electrons. The van der Waals surface area contributed by atoms with Crippen molar-refractivity contribution in [2.75, 3.05) is 11.4 Å². The van der Waals surface area contributed by atoms with Crippen molar-refractivity contribution in [3.05, 3.63) is 64.0 Å². The maximum Gasteiger partial charge on any atom is 0.219 e. The molecule has 2 N–H and O–H groups in total. The number of benzene rings is 2. The van der Waals surface area contributed by atoms with Gasteiger partial charge in [0.2, 0.25) is 5.91 Å². The molecule has 0 saturated heterocycles. The summed E-state index contributed by atoms with van der Waals surface area (Å²) >= 11 is 0. The van der Waals surface area contributed by atoms with Crippen molar-refractivity contribution in [2.45, 2.75) is 40.7 Å². The van der Waals surface area contributed by atoms with Gasteiger partial charge in [-0.15, -0.1) is 0 Å². The molecule has 1 amide bonds. The zero-order chi connectivity index (χ0) is 19.4. The third kappa shape index (κ3) is 4.48. The largest absolute Gasteiger partial charge is 0.370 e. The number of amides is 1. The Hall–Kier alpha value is -2.69. The predicted octanol–water partition coefficient (Wildman–Crippen LogP) is 3.84. The van der Waals surface area contributed by atoms with Gasteiger partial charge < -0.3 is 10.6 Å². The topological polar surface area (TPSA) is 63.4 Å². The van der Waals surface area contributed by atoms with E-state index in [1.165, 1.54) is 12.1 Å². The molecule has 0 saturated carbocycles. The minimum atomic E-state index is -0.390. The highest BCUT2D eigenvalue weighted by Gasteiger charge is 2.17. The van der Waals surface area contributed by atoms with E-state index in [1.807, 2.05) is 31.7 Å². The number of carbonyl (C=O) groups excluding carboxylic acids is 2. The predicted molar refractivity (Wildman–Crippen MR) is 102 cm³/mol. The van der Waals surface area contributed by atoms with E-state index in [2.05, 4.69) is 0 Å². The van der Waals surface area contributed by atoms with E-state index < -0.39 is 0 Å². The SMILES string of the molecule is CC(=O)c1c(C)cc(C)c(CN(CCC(N)=O)c2ccc(F)cc2)c1C. The van der Waals surface area contributed by atoms with Crippen LogP contribution in [-0.4, -0.2) is 18.2 Å². The molecule has 0 aromatic heterocycles. The first kappa shape index (κ1) is 19.6. The summed E-state index contributed by atoms with van der Waals surface area (Å²) in [7, 11) is 0. The number of rotatable bonds is 7. The van der Waals surface area contributed by atoms with Crippen LogP contribution in [-0.2, 0) is 11.3 Å². The highest BCUT2D eigenvalue weighted by atomic mass is 19.1. The third-order valence-corrected chi connectivity index (χ3v) is 4.65. The molecular weight excluding hydrogens is 331 g/mol. The van der Waals surface area contributed by atoms with Crippen LogP contribution in [0.25, 0.3) is 0 Å². The second-order valence-electron chi connectivity index (χ2n) is 6.66. The molecule has 5 heteroatoms. The summed E-state index contributed by atoms with van der Waals surface area (Å²) in [4.78, 5) is 25.3. The van der Waals surface area contributed by atoms with E-state index in [0.717, 1.165) is 33.5 Å². The third-order valence-electron chi connectivity index (χ3n) is 4.65. The zero-order valence-electron chi connectivity index (χ0n) is 15.7. The summed E-state index contributed by atoms with van der Waals surface area (Å²) < 4.78 is 13.3. The minimum absolute atomic E-state index is 0.0340. The van der Waals surface area contributed by atoms with Crippen LogP contribution in [0.2, 0.25) is 0 Å². The molecule has 0 bridgehead atoms. The van der Waals surface area contributed by atoms with Crippen LogP contribution in [0.1, 0.15) is 46.0 Å². The van der Waals surface area contributed by atoms with Crippen molar-refractivity contribution < 1.29 is 14.0 Å². The zero-order valence-corrected chi connectivity index (χ0v) is 15.7. The fraction of sp³-hybridized carbons (Fsp3) is 0.333. The molecule has 0 unspecified atom stereocenters. The van der Waals surface area contributed by atoms with Crippen LogP contribution in [0, 0.1) is 26.6 Å². The summed E-state index contributed by atoms with van der Waals surface area (Å²) in [5.41, 5.74) is 10.9. The van der Waals surface area contributed by atoms with Gasteiger partial charge >= 0.3 is 0 Å². The molecule has 26 heavy (non-hydrogen) atoms. The molecule has 2 rings (SSSR count). The van der Waals surface area contributed by atoms with E-state index >= 15 is 0 Å². The lowest BCUT2D eigenvalue weighted by Gasteiger charge is -2.27. The van der Waals surface area contributed by atoms with Crippen LogP contribution < -0.4 is 10.6 Å². The number of halogens is 1. The van der Waals surface area contributed by atoms with Crippen molar-refractivity contribution in [2.24, 2.45) is 5.73 Å². The first-order valence-corrected chi connectivity index (χ1v) is 8.60. The molecule has 0 aliphatic carbocycles. The molecule has 0 radical (unpaired) electrons. The Morgan fingerprint density at radius 2 is 1.69 bits per heavy atom. The van der Waals surface area contributed by atoms with Gasteiger partial charge in [0, 0.05) is 30.8 Å². The quantitative estimate of drug-likeness (QED) is 0.767. The van der Waals surface area contributed by atoms with E-state index in [1.54, 1.807) is 19.1 Å². The summed E-state index contributed by atoms with van der Waals surface area (Å²) in [6, 6.07) is 8.16. The van der Waals surface area contributed by atoms with Crippen LogP contribution in [0.4, 0.5) is 10.1 Å². The molecule has 0 aliphatic rings. The molecule has 0 heterocycles. The van der Waals surface area contributed by atoms with Crippen molar-refractivity contribution in [3.63, 3.8) is 0 Å². The van der Waals surface area contributed by atoms with Gasteiger partial charge in [-0.3, -0.25) is 9.59 Å². The highest BCUT2D eigenvalue weighted by molar-refractivity contribution is 5.97. The Bertz CT molecular complexity index is 829. The number of hydrogen-bond acceptors (Lipinski definition) is 3. The molecule has 2 aromatic carbocycles. The van der Waals surface area contributed by atoms with Gasteiger partial charge in [0.15, 0.2) is 5.78 Å². The molecule has 0 aliphatic heterocycles. The van der Waals surface area contributed by atoms with Gasteiger partial charge in [-0.25, -0.2) is 4.39 Å². The minimum Gasteiger partial charge on any atom is -0.370 e. The van der Waals surface area contributed by atoms with Crippen LogP contribution in [0.3, 0.4) is 0 Å². The maximum atomic E-state index is 13.3. The summed E-state index contributed by atoms with van der Waals surface area (Å²) in [5, 5.41) is 0. The molecule has 0 fully saturated rings. The van der Waals surface area contributed by atoms with Crippen molar-refractivity contribution in [3.8, 4) is 0 Å². The van der Waals surface area contributed by atoms with E-state index in [0.29, 0.717) is 13.1 Å². The van der Waals surface area contributed by atoms with Gasteiger partial charge in [-0.05, 0) is 74.2 Å². The molecular formula is C21H25FN2O2. The number of nitrogens with two attached hydrogens (primary N) is 1. The maximum absolute atomic E-state index is 13.3. The van der Waals surface area contributed by atoms with Gasteiger partial charge in [0.25, 0.3) is 0 Å². The Kier molecular flexibility index (Phi) is 6.14. The fourth-order valence-corrected chi connectivity index (χ4v) is 3.40. The van der Waals surface area contributed by atoms with Crippen LogP contribution >= 0.6 is 0 Å². The van der Waals surface area contributed by atoms with Gasteiger partial charge in [0.05, 0.1) is 0 Å². The first-order chi connectivity index (χ1) is 12.2. The standard InChI is InChI=1S/C21H25FN2O2/c1-13-11-14(2)21(16(4)25)15(3)19(13)12-24(10-9-20(23)26)18-7-5-17(22)6-8-18/h5-8,11H,9-10,12H2,1-4H3,(H2,23,26). The number of carbonyl (C=O) groups is 2. The summed E-state index contributed by atoms with van der Waals surface area (Å²) in [6.45, 7) is 8.39. The number of nitrogens with zero attached hydrogens (tertiary/aromatic N) is 1. The Morgan fingerprint density at radius 3 is 2.23 bits per heavy atom. The van der Waals surface area contributed by atoms with Gasteiger partial charge in [0.1, 0.15) is 5.82 Å². The number of hydrogen-bond donors (Lipinski definition) is 1. The van der Waals surface area contributed by atoms with E-state index in [4.69, 9.17) is 5.73 Å². The molecule has 0 atom stereocenters. The van der Waals surface area contributed by atoms with Crippen LogP contribution in [0.5, 0.6) is 0 Å². The highest BCUT2D eigenvalue weighted by Crippen LogP contribution is 2.26. The molecule has 4 nitrogen and oxygen atoms in total. The smallest absolute Gasteiger partial charge is 0.219 e. The Morgan fingerprint density at radius 1 is 1.08 bits per heavy atom. The van der Waals surface area contributed by atoms with Crippen molar-refractivity contribution in [1.82, 2.24) is 0 Å². The number of aryl methyl sites for hydroxylation is 2. The van der Waals surface area contributed by atoms with Crippen molar-refractivity contribution >= 4 is 17.4 Å². The molecule has 2 aromatic rings. The van der Waals surface area contributed by atoms with Crippen molar-refractivity contribution in [1.29, 1.82) is 0 Å². The summed E-state index contributed by atoms with van der Waals surface area (Å²) in [5.74, 6) is -0.671. The number of primary amides is 1. The number of anilines is 1. The Labute approximate surface area is 153 Å². The lowest BCUT2D eigenvalue weighted by Crippen LogP contribution is -2.28. The van der Waals surface area contributed by atoms with Crippen LogP contribution in [0.15, 0.2) is 30.3 Å². The monoisotopic (exact) mass is 356 g/mol. The second-order valence-corrected chi connectivity index (χ2v) is 6.66. The van der Waals surface area contributed by atoms with E-state index in [9.17, 15) is 14.0 Å². The van der Waals surface area contributed by atoms with Gasteiger partial charge in [-0.1, -0.05) is 6.07 Å². The molecule has 0 spiro atoms. The fourth-order valence-electron chi connectivity index (χ4n) is 3.40. The lowest BCUT2D eigenvalue weighted by molar-refractivity contribution is -0.117. The Balaban J connectivity index is 2.44. The summed E-state index contributed by atoms with van der Waals surface area (Å²) in [6.07, 6.45) is 0.195. The number of Topliss-reactive ketones (excluding diaryl/α,β-unsaturated/α-hetero) is 1. The average Bonchev–Trinajstić information content (AvgIpc) is 2.54. The van der Waals surface area contributed by atoms with E-state index in [-0.39, 0.29) is 23.9 Å². The first-order valence-electron chi connectivity index (χ1n) is 8.60. The normalized spacial score (nSPS) is 10.7. The average molecular weight is 356 g/mol. The number of ketones is 1. The second kappa shape index (κ2) is 8.13. The lowest BCUT2D eigenvalue weighted by atomic mass is 9.91.